The predicted octanol–water partition coefficient (Wildman–Crippen LogP) is 3.96. The lowest BCUT2D eigenvalue weighted by Crippen LogP contribution is -2.34. The Bertz CT molecular complexity index is 1110. The molecule has 0 spiro atoms. The summed E-state index contributed by atoms with van der Waals surface area (Å²) in [5, 5.41) is 17.1. The van der Waals surface area contributed by atoms with E-state index in [1.165, 1.54) is 30.6 Å². The fourth-order valence-corrected chi connectivity index (χ4v) is 4.00. The van der Waals surface area contributed by atoms with E-state index in [4.69, 9.17) is 17.0 Å². The molecule has 8 nitrogen and oxygen atoms in total. The van der Waals surface area contributed by atoms with Crippen LogP contribution < -0.4 is 15.4 Å². The summed E-state index contributed by atoms with van der Waals surface area (Å²) in [6.45, 7) is 3.99. The molecule has 1 heterocycles. The van der Waals surface area contributed by atoms with Crippen LogP contribution in [-0.2, 0) is 0 Å². The maximum atomic E-state index is 12.4. The number of aromatic nitrogens is 1. The minimum absolute atomic E-state index is 0.0527. The van der Waals surface area contributed by atoms with Crippen molar-refractivity contribution in [3.8, 4) is 5.75 Å². The molecule has 1 amide bonds. The van der Waals surface area contributed by atoms with Gasteiger partial charge in [0.15, 0.2) is 16.0 Å². The topological polar surface area (TPSA) is 106 Å². The summed E-state index contributed by atoms with van der Waals surface area (Å²) >= 11 is 6.59. The highest BCUT2D eigenvalue weighted by atomic mass is 32.1. The molecule has 144 valence electrons. The second kappa shape index (κ2) is 7.87. The zero-order chi connectivity index (χ0) is 20.4. The number of rotatable bonds is 4. The Morgan fingerprint density at radius 3 is 2.71 bits per heavy atom. The molecule has 28 heavy (non-hydrogen) atoms. The quantitative estimate of drug-likeness (QED) is 0.377. The molecule has 10 heteroatoms. The van der Waals surface area contributed by atoms with Crippen molar-refractivity contribution in [2.75, 3.05) is 12.4 Å². The van der Waals surface area contributed by atoms with E-state index in [-0.39, 0.29) is 22.1 Å². The van der Waals surface area contributed by atoms with Crippen LogP contribution >= 0.6 is 23.6 Å². The van der Waals surface area contributed by atoms with E-state index in [0.717, 1.165) is 27.4 Å². The van der Waals surface area contributed by atoms with Crippen molar-refractivity contribution in [3.63, 3.8) is 0 Å². The van der Waals surface area contributed by atoms with Crippen LogP contribution in [0.4, 0.5) is 10.8 Å². The molecule has 2 N–H and O–H groups in total. The number of amides is 1. The van der Waals surface area contributed by atoms with Gasteiger partial charge in [-0.1, -0.05) is 17.4 Å². The lowest BCUT2D eigenvalue weighted by Gasteiger charge is -2.08. The van der Waals surface area contributed by atoms with Crippen molar-refractivity contribution in [1.29, 1.82) is 0 Å². The van der Waals surface area contributed by atoms with Crippen LogP contribution in [0.2, 0.25) is 0 Å². The third kappa shape index (κ3) is 4.07. The van der Waals surface area contributed by atoms with Crippen LogP contribution in [0, 0.1) is 24.0 Å². The largest absolute Gasteiger partial charge is 0.490 e. The Balaban J connectivity index is 1.74. The van der Waals surface area contributed by atoms with Crippen molar-refractivity contribution >= 4 is 55.6 Å². The summed E-state index contributed by atoms with van der Waals surface area (Å²) in [6, 6.07) is 8.00. The number of hydrogen-bond acceptors (Lipinski definition) is 7. The first-order chi connectivity index (χ1) is 13.3. The number of carbonyl (C=O) groups excluding carboxylic acids is 1. The van der Waals surface area contributed by atoms with Gasteiger partial charge < -0.3 is 10.1 Å². The third-order valence-corrected chi connectivity index (χ3v) is 5.04. The summed E-state index contributed by atoms with van der Waals surface area (Å²) in [5.74, 6) is -0.501. The van der Waals surface area contributed by atoms with Gasteiger partial charge in [-0.05, 0) is 55.4 Å². The number of methoxy groups -OCH3 is 1. The number of thiazole rings is 1. The second-order valence-electron chi connectivity index (χ2n) is 6.00. The van der Waals surface area contributed by atoms with Crippen LogP contribution in [-0.4, -0.2) is 28.0 Å². The molecule has 3 rings (SSSR count). The molecule has 2 aromatic carbocycles. The summed E-state index contributed by atoms with van der Waals surface area (Å²) < 4.78 is 5.94. The number of nitrogens with zero attached hydrogens (tertiary/aromatic N) is 2. The molecule has 0 aliphatic rings. The van der Waals surface area contributed by atoms with Crippen LogP contribution in [0.3, 0.4) is 0 Å². The molecule has 0 atom stereocenters. The van der Waals surface area contributed by atoms with Crippen molar-refractivity contribution in [2.24, 2.45) is 0 Å². The first-order valence-electron chi connectivity index (χ1n) is 8.11. The summed E-state index contributed by atoms with van der Waals surface area (Å²) in [4.78, 5) is 27.4. The van der Waals surface area contributed by atoms with Crippen molar-refractivity contribution in [3.05, 3.63) is 57.1 Å². The lowest BCUT2D eigenvalue weighted by molar-refractivity contribution is -0.385. The van der Waals surface area contributed by atoms with Crippen LogP contribution in [0.25, 0.3) is 10.2 Å². The van der Waals surface area contributed by atoms with Gasteiger partial charge in [-0.15, -0.1) is 0 Å². The van der Waals surface area contributed by atoms with Crippen LogP contribution in [0.5, 0.6) is 5.75 Å². The van der Waals surface area contributed by atoms with E-state index in [1.807, 2.05) is 26.0 Å². The maximum Gasteiger partial charge on any atom is 0.311 e. The van der Waals surface area contributed by atoms with Crippen molar-refractivity contribution < 1.29 is 14.5 Å². The normalized spacial score (nSPS) is 10.5. The predicted molar refractivity (Wildman–Crippen MR) is 112 cm³/mol. The Kier molecular flexibility index (Phi) is 5.52. The molecule has 0 bridgehead atoms. The molecule has 0 saturated carbocycles. The number of hydrogen-bond donors (Lipinski definition) is 2. The van der Waals surface area contributed by atoms with Gasteiger partial charge in [-0.3, -0.25) is 20.2 Å². The Morgan fingerprint density at radius 2 is 2.04 bits per heavy atom. The monoisotopic (exact) mass is 416 g/mol. The molecule has 0 aliphatic heterocycles. The van der Waals surface area contributed by atoms with Gasteiger partial charge in [0.05, 0.1) is 22.2 Å². The Hall–Kier alpha value is -3.11. The van der Waals surface area contributed by atoms with E-state index >= 15 is 0 Å². The fourth-order valence-electron chi connectivity index (χ4n) is 2.70. The van der Waals surface area contributed by atoms with E-state index in [9.17, 15) is 14.9 Å². The average molecular weight is 416 g/mol. The number of anilines is 1. The molecule has 0 radical (unpaired) electrons. The Labute approximate surface area is 169 Å². The number of carbonyl (C=O) groups is 1. The average Bonchev–Trinajstić information content (AvgIpc) is 3.03. The highest BCUT2D eigenvalue weighted by Crippen LogP contribution is 2.29. The smallest absolute Gasteiger partial charge is 0.311 e. The number of ether oxygens (including phenoxy) is 1. The standard InChI is InChI=1S/C18H16N4O4S2/c1-9-6-10(2)15-14(7-9)28-18(19-15)21-17(27)20-16(23)11-4-5-13(26-3)12(8-11)22(24)25/h4-8H,1-3H3,(H2,19,20,21,23,27). The number of nitrogens with one attached hydrogen (secondary N) is 2. The second-order valence-corrected chi connectivity index (χ2v) is 7.44. The van der Waals surface area contributed by atoms with Gasteiger partial charge in [0, 0.05) is 11.6 Å². The van der Waals surface area contributed by atoms with Gasteiger partial charge >= 0.3 is 5.69 Å². The molecule has 1 aromatic heterocycles. The molecular weight excluding hydrogens is 400 g/mol. The molecule has 3 aromatic rings. The first-order valence-corrected chi connectivity index (χ1v) is 9.33. The highest BCUT2D eigenvalue weighted by molar-refractivity contribution is 7.80. The minimum atomic E-state index is -0.613. The Morgan fingerprint density at radius 1 is 1.29 bits per heavy atom. The van der Waals surface area contributed by atoms with E-state index in [0.29, 0.717) is 5.13 Å². The SMILES string of the molecule is COc1ccc(C(=O)NC(=S)Nc2nc3c(C)cc(C)cc3s2)cc1[N+](=O)[O-]. The number of nitro benzene ring substituents is 1. The van der Waals surface area contributed by atoms with E-state index in [1.54, 1.807) is 0 Å². The van der Waals surface area contributed by atoms with E-state index < -0.39 is 10.8 Å². The third-order valence-electron chi connectivity index (χ3n) is 3.92. The zero-order valence-electron chi connectivity index (χ0n) is 15.2. The maximum absolute atomic E-state index is 12.4. The number of fused-ring (bicyclic) bond motifs is 1. The summed E-state index contributed by atoms with van der Waals surface area (Å²) in [6.07, 6.45) is 0. The molecular formula is C18H16N4O4S2. The van der Waals surface area contributed by atoms with Gasteiger partial charge in [-0.2, -0.15) is 0 Å². The van der Waals surface area contributed by atoms with Gasteiger partial charge in [0.2, 0.25) is 0 Å². The van der Waals surface area contributed by atoms with Gasteiger partial charge in [0.1, 0.15) is 0 Å². The molecule has 0 unspecified atom stereocenters. The number of nitro groups is 1. The number of aryl methyl sites for hydroxylation is 2. The summed E-state index contributed by atoms with van der Waals surface area (Å²) in [7, 11) is 1.32. The highest BCUT2D eigenvalue weighted by Gasteiger charge is 2.19. The first kappa shape index (κ1) is 19.6. The molecule has 0 saturated heterocycles. The zero-order valence-corrected chi connectivity index (χ0v) is 16.9. The minimum Gasteiger partial charge on any atom is -0.490 e. The molecule has 0 aliphatic carbocycles. The number of thiocarbonyl (C=S) groups is 1. The number of benzene rings is 2. The van der Waals surface area contributed by atoms with Crippen molar-refractivity contribution in [1.82, 2.24) is 10.3 Å². The molecule has 0 fully saturated rings. The van der Waals surface area contributed by atoms with Crippen LogP contribution in [0.1, 0.15) is 21.5 Å². The fraction of sp³-hybridized carbons (Fsp3) is 0.167. The van der Waals surface area contributed by atoms with E-state index in [2.05, 4.69) is 15.6 Å². The van der Waals surface area contributed by atoms with Crippen molar-refractivity contribution in [2.45, 2.75) is 13.8 Å². The van der Waals surface area contributed by atoms with Gasteiger partial charge in [-0.25, -0.2) is 4.98 Å². The van der Waals surface area contributed by atoms with Gasteiger partial charge in [0.25, 0.3) is 5.91 Å². The van der Waals surface area contributed by atoms with Crippen LogP contribution in [0.15, 0.2) is 30.3 Å². The summed E-state index contributed by atoms with van der Waals surface area (Å²) in [5.41, 5.74) is 2.86. The lowest BCUT2D eigenvalue weighted by atomic mass is 10.1.